The maximum atomic E-state index is 10.3. The number of ether oxygens (including phenoxy) is 1. The fourth-order valence-electron chi connectivity index (χ4n) is 1.33. The van der Waals surface area contributed by atoms with Gasteiger partial charge in [0.1, 0.15) is 18.2 Å². The van der Waals surface area contributed by atoms with Crippen molar-refractivity contribution in [3.63, 3.8) is 0 Å². The third-order valence-electron chi connectivity index (χ3n) is 1.94. The van der Waals surface area contributed by atoms with Crippen LogP contribution < -0.4 is 15.4 Å². The number of fused-ring (bicyclic) bond motifs is 1. The Hall–Kier alpha value is -2.00. The maximum absolute atomic E-state index is 10.3. The lowest BCUT2D eigenvalue weighted by Crippen LogP contribution is -2.28. The normalized spacial score (nSPS) is 13.9. The van der Waals surface area contributed by atoms with E-state index in [-0.39, 0.29) is 0 Å². The van der Waals surface area contributed by atoms with Gasteiger partial charge in [-0.1, -0.05) is 0 Å². The number of anilines is 2. The first-order valence-corrected chi connectivity index (χ1v) is 4.17. The van der Waals surface area contributed by atoms with E-state index in [4.69, 9.17) is 10.5 Å². The Labute approximate surface area is 80.8 Å². The third kappa shape index (κ3) is 1.41. The van der Waals surface area contributed by atoms with Crippen LogP contribution in [-0.2, 0) is 4.79 Å². The summed E-state index contributed by atoms with van der Waals surface area (Å²) in [5.74, 6) is 2.22. The number of nitrogen functional groups attached to an aromatic ring is 1. The molecule has 14 heavy (non-hydrogen) atoms. The molecule has 2 rings (SSSR count). The van der Waals surface area contributed by atoms with Crippen LogP contribution in [0.2, 0.25) is 0 Å². The fraction of sp³-hybridized carbons (Fsp3) is 0.222. The Bertz CT molecular complexity index is 399. The van der Waals surface area contributed by atoms with Gasteiger partial charge in [-0.3, -0.25) is 0 Å². The smallest absolute Gasteiger partial charge is 0.238 e. The van der Waals surface area contributed by atoms with E-state index in [9.17, 15) is 4.79 Å². The summed E-state index contributed by atoms with van der Waals surface area (Å²) in [6.45, 7) is 1.11. The number of aromatic nitrogens is 1. The molecule has 0 bridgehead atoms. The summed E-state index contributed by atoms with van der Waals surface area (Å²) < 4.78 is 5.30. The summed E-state index contributed by atoms with van der Waals surface area (Å²) in [6.07, 6.45) is 2.84. The highest BCUT2D eigenvalue weighted by Gasteiger charge is 2.17. The summed E-state index contributed by atoms with van der Waals surface area (Å²) in [5.41, 5.74) is 6.83. The number of hydrogen-bond acceptors (Lipinski definition) is 5. The molecular formula is C9H9N3O2. The van der Waals surface area contributed by atoms with E-state index in [0.29, 0.717) is 30.4 Å². The minimum atomic E-state index is 0.497. The molecule has 0 unspecified atom stereocenters. The van der Waals surface area contributed by atoms with Crippen LogP contribution in [-0.4, -0.2) is 24.1 Å². The maximum Gasteiger partial charge on any atom is 0.238 e. The second kappa shape index (κ2) is 3.40. The van der Waals surface area contributed by atoms with Gasteiger partial charge in [0.2, 0.25) is 5.88 Å². The molecule has 1 aromatic heterocycles. The number of nitrogens with two attached hydrogens (primary N) is 1. The second-order valence-corrected chi connectivity index (χ2v) is 2.88. The average Bonchev–Trinajstić information content (AvgIpc) is 2.19. The van der Waals surface area contributed by atoms with Crippen LogP contribution in [0.25, 0.3) is 0 Å². The Morgan fingerprint density at radius 3 is 3.36 bits per heavy atom. The molecule has 2 N–H and O–H groups in total. The summed E-state index contributed by atoms with van der Waals surface area (Å²) in [6, 6.07) is 1.72. The first kappa shape index (κ1) is 8.59. The minimum Gasteiger partial charge on any atom is -0.474 e. The van der Waals surface area contributed by atoms with Crippen molar-refractivity contribution in [2.75, 3.05) is 23.8 Å². The molecule has 0 radical (unpaired) electrons. The van der Waals surface area contributed by atoms with E-state index in [1.54, 1.807) is 16.9 Å². The molecular weight excluding hydrogens is 182 g/mol. The number of carbonyl (C=O) groups excluding carboxylic acids is 1. The predicted molar refractivity (Wildman–Crippen MR) is 51.8 cm³/mol. The molecule has 2 heterocycles. The quantitative estimate of drug-likeness (QED) is 0.642. The van der Waals surface area contributed by atoms with E-state index in [2.05, 4.69) is 4.98 Å². The van der Waals surface area contributed by atoms with Gasteiger partial charge in [0.15, 0.2) is 0 Å². The van der Waals surface area contributed by atoms with Gasteiger partial charge in [-0.15, -0.1) is 0 Å². The van der Waals surface area contributed by atoms with E-state index in [0.717, 1.165) is 0 Å². The third-order valence-corrected chi connectivity index (χ3v) is 1.94. The number of rotatable bonds is 1. The number of pyridine rings is 1. The van der Waals surface area contributed by atoms with Crippen molar-refractivity contribution in [1.82, 2.24) is 4.98 Å². The lowest BCUT2D eigenvalue weighted by molar-refractivity contribution is 0.301. The molecule has 0 saturated heterocycles. The van der Waals surface area contributed by atoms with Crippen LogP contribution in [0.5, 0.6) is 5.88 Å². The molecule has 0 atom stereocenters. The van der Waals surface area contributed by atoms with Gasteiger partial charge in [-0.05, 0) is 6.07 Å². The summed E-state index contributed by atoms with van der Waals surface area (Å²) in [4.78, 5) is 16.0. The summed E-state index contributed by atoms with van der Waals surface area (Å²) in [5, 5.41) is 0. The van der Waals surface area contributed by atoms with Crippen LogP contribution in [0.3, 0.4) is 0 Å². The Morgan fingerprint density at radius 2 is 2.57 bits per heavy atom. The molecule has 0 saturated carbocycles. The van der Waals surface area contributed by atoms with Crippen LogP contribution in [0.1, 0.15) is 0 Å². The standard InChI is InChI=1S/C9H9N3O2/c10-7-5-8-9(11-6-7)14-4-2-12(8)1-3-13/h1,5-6H,2,4,10H2. The second-order valence-electron chi connectivity index (χ2n) is 2.88. The predicted octanol–water partition coefficient (Wildman–Crippen LogP) is 0.208. The zero-order chi connectivity index (χ0) is 9.97. The van der Waals surface area contributed by atoms with Gasteiger partial charge in [-0.2, -0.15) is 0 Å². The molecule has 0 fully saturated rings. The van der Waals surface area contributed by atoms with Crippen LogP contribution in [0.15, 0.2) is 18.5 Å². The van der Waals surface area contributed by atoms with Crippen molar-refractivity contribution in [3.8, 4) is 5.88 Å². The van der Waals surface area contributed by atoms with Gasteiger partial charge in [0.05, 0.1) is 24.6 Å². The van der Waals surface area contributed by atoms with Crippen molar-refractivity contribution >= 4 is 17.3 Å². The zero-order valence-electron chi connectivity index (χ0n) is 7.43. The topological polar surface area (TPSA) is 68.5 Å². The lowest BCUT2D eigenvalue weighted by atomic mass is 10.3. The lowest BCUT2D eigenvalue weighted by Gasteiger charge is -2.26. The van der Waals surface area contributed by atoms with Crippen molar-refractivity contribution in [2.45, 2.75) is 0 Å². The SMILES string of the molecule is Nc1cnc2c(c1)N(C=C=O)CCO2. The Morgan fingerprint density at radius 1 is 1.71 bits per heavy atom. The molecule has 5 nitrogen and oxygen atoms in total. The van der Waals surface area contributed by atoms with Gasteiger partial charge in [0.25, 0.3) is 0 Å². The molecule has 0 aromatic carbocycles. The highest BCUT2D eigenvalue weighted by molar-refractivity contribution is 5.67. The minimum absolute atomic E-state index is 0.497. The molecule has 72 valence electrons. The van der Waals surface area contributed by atoms with E-state index >= 15 is 0 Å². The van der Waals surface area contributed by atoms with Gasteiger partial charge in [0, 0.05) is 0 Å². The van der Waals surface area contributed by atoms with Crippen molar-refractivity contribution < 1.29 is 9.53 Å². The molecule has 0 aliphatic carbocycles. The highest BCUT2D eigenvalue weighted by atomic mass is 16.5. The molecule has 0 amide bonds. The average molecular weight is 191 g/mol. The van der Waals surface area contributed by atoms with E-state index in [1.807, 2.05) is 0 Å². The molecule has 1 aliphatic rings. The Balaban J connectivity index is 2.46. The van der Waals surface area contributed by atoms with Gasteiger partial charge in [-0.25, -0.2) is 9.78 Å². The van der Waals surface area contributed by atoms with Crippen molar-refractivity contribution in [3.05, 3.63) is 18.5 Å². The van der Waals surface area contributed by atoms with E-state index < -0.39 is 0 Å². The van der Waals surface area contributed by atoms with Crippen LogP contribution >= 0.6 is 0 Å². The molecule has 1 aliphatic heterocycles. The molecule has 0 spiro atoms. The van der Waals surface area contributed by atoms with Crippen molar-refractivity contribution in [2.24, 2.45) is 0 Å². The Kier molecular flexibility index (Phi) is 2.08. The van der Waals surface area contributed by atoms with Crippen LogP contribution in [0, 0.1) is 0 Å². The fourth-order valence-corrected chi connectivity index (χ4v) is 1.33. The van der Waals surface area contributed by atoms with Crippen molar-refractivity contribution in [1.29, 1.82) is 0 Å². The summed E-state index contributed by atoms with van der Waals surface area (Å²) in [7, 11) is 0. The first-order valence-electron chi connectivity index (χ1n) is 4.17. The highest BCUT2D eigenvalue weighted by Crippen LogP contribution is 2.30. The largest absolute Gasteiger partial charge is 0.474 e. The monoisotopic (exact) mass is 191 g/mol. The molecule has 5 heteroatoms. The van der Waals surface area contributed by atoms with Gasteiger partial charge < -0.3 is 15.4 Å². The summed E-state index contributed by atoms with van der Waals surface area (Å²) >= 11 is 0. The first-order chi connectivity index (χ1) is 6.81. The molecule has 1 aromatic rings. The van der Waals surface area contributed by atoms with Gasteiger partial charge >= 0.3 is 0 Å². The van der Waals surface area contributed by atoms with E-state index in [1.165, 1.54) is 12.4 Å². The number of nitrogens with zero attached hydrogens (tertiary/aromatic N) is 2. The van der Waals surface area contributed by atoms with Crippen LogP contribution in [0.4, 0.5) is 11.4 Å². The number of hydrogen-bond donors (Lipinski definition) is 1. The zero-order valence-corrected chi connectivity index (χ0v) is 7.43.